The molecular weight excluding hydrogens is 556 g/mol. The van der Waals surface area contributed by atoms with Gasteiger partial charge >= 0.3 is 0 Å². The van der Waals surface area contributed by atoms with Crippen LogP contribution in [-0.2, 0) is 6.42 Å². The van der Waals surface area contributed by atoms with Gasteiger partial charge in [-0.25, -0.2) is 17.6 Å². The minimum absolute atomic E-state index is 0.162. The van der Waals surface area contributed by atoms with Crippen molar-refractivity contribution in [1.29, 1.82) is 0 Å². The van der Waals surface area contributed by atoms with Crippen LogP contribution in [0.15, 0.2) is 66.8 Å². The Balaban J connectivity index is 1.25. The van der Waals surface area contributed by atoms with Gasteiger partial charge in [0.25, 0.3) is 0 Å². The number of allylic oxidation sites excluding steroid dienone is 4. The molecule has 4 heteroatoms. The Morgan fingerprint density at radius 3 is 1.84 bits per heavy atom. The first-order valence-electron chi connectivity index (χ1n) is 16.8. The number of hydrogen-bond acceptors (Lipinski definition) is 0. The molecule has 1 saturated carbocycles. The van der Waals surface area contributed by atoms with E-state index in [0.29, 0.717) is 40.5 Å². The van der Waals surface area contributed by atoms with Crippen molar-refractivity contribution in [2.45, 2.75) is 97.3 Å². The van der Waals surface area contributed by atoms with Crippen LogP contribution in [0.4, 0.5) is 17.6 Å². The van der Waals surface area contributed by atoms with E-state index in [1.54, 1.807) is 48.5 Å². The van der Waals surface area contributed by atoms with Gasteiger partial charge in [-0.1, -0.05) is 99.4 Å². The van der Waals surface area contributed by atoms with Crippen molar-refractivity contribution in [1.82, 2.24) is 0 Å². The summed E-state index contributed by atoms with van der Waals surface area (Å²) in [6.45, 7) is 4.23. The minimum atomic E-state index is -0.874. The number of unbranched alkanes of at least 4 members (excludes halogenated alkanes) is 4. The average molecular weight is 603 g/mol. The number of benzene rings is 3. The largest absolute Gasteiger partial charge is 0.203 e. The SMILES string of the molecule is C/C=C/C1CCC(C2CC=C(c3ccc(-c4ccc(-c5ccc(CCCCCCC)c(F)c5F)cc4)c(F)c3F)CC2)CC1. The van der Waals surface area contributed by atoms with Gasteiger partial charge in [-0.15, -0.1) is 0 Å². The van der Waals surface area contributed by atoms with Crippen molar-refractivity contribution in [2.24, 2.45) is 17.8 Å². The third-order valence-corrected chi connectivity index (χ3v) is 10.0. The molecule has 0 heterocycles. The Kier molecular flexibility index (Phi) is 11.2. The number of aryl methyl sites for hydroxylation is 1. The third kappa shape index (κ3) is 7.38. The number of hydrogen-bond donors (Lipinski definition) is 0. The van der Waals surface area contributed by atoms with Crippen molar-refractivity contribution >= 4 is 5.57 Å². The van der Waals surface area contributed by atoms with Gasteiger partial charge in [0.2, 0.25) is 0 Å². The maximum Gasteiger partial charge on any atom is 0.167 e. The van der Waals surface area contributed by atoms with Gasteiger partial charge in [0.1, 0.15) is 0 Å². The highest BCUT2D eigenvalue weighted by molar-refractivity contribution is 5.74. The fourth-order valence-electron chi connectivity index (χ4n) is 7.38. The van der Waals surface area contributed by atoms with E-state index in [4.69, 9.17) is 0 Å². The average Bonchev–Trinajstić information content (AvgIpc) is 3.05. The van der Waals surface area contributed by atoms with Gasteiger partial charge in [-0.2, -0.15) is 0 Å². The molecular formula is C40H46F4. The van der Waals surface area contributed by atoms with Crippen LogP contribution in [0.5, 0.6) is 0 Å². The molecule has 2 aliphatic carbocycles. The lowest BCUT2D eigenvalue weighted by molar-refractivity contribution is 0.212. The molecule has 44 heavy (non-hydrogen) atoms. The second-order valence-electron chi connectivity index (χ2n) is 12.9. The summed E-state index contributed by atoms with van der Waals surface area (Å²) in [6.07, 6.45) is 20.1. The molecule has 0 nitrogen and oxygen atoms in total. The summed E-state index contributed by atoms with van der Waals surface area (Å²) in [7, 11) is 0. The predicted molar refractivity (Wildman–Crippen MR) is 175 cm³/mol. The molecule has 2 aliphatic rings. The monoisotopic (exact) mass is 602 g/mol. The lowest BCUT2D eigenvalue weighted by atomic mass is 9.71. The highest BCUT2D eigenvalue weighted by atomic mass is 19.2. The molecule has 0 spiro atoms. The molecule has 1 fully saturated rings. The summed E-state index contributed by atoms with van der Waals surface area (Å²) in [5.74, 6) is -1.29. The number of halogens is 4. The van der Waals surface area contributed by atoms with Gasteiger partial charge in [0, 0.05) is 16.7 Å². The zero-order chi connectivity index (χ0) is 31.1. The quantitative estimate of drug-likeness (QED) is 0.116. The zero-order valence-corrected chi connectivity index (χ0v) is 26.3. The van der Waals surface area contributed by atoms with E-state index in [1.807, 2.05) is 0 Å². The van der Waals surface area contributed by atoms with Crippen molar-refractivity contribution in [3.05, 3.63) is 101 Å². The minimum Gasteiger partial charge on any atom is -0.203 e. The Bertz CT molecular complexity index is 1460. The summed E-state index contributed by atoms with van der Waals surface area (Å²) in [5, 5.41) is 0. The van der Waals surface area contributed by atoms with Crippen LogP contribution < -0.4 is 0 Å². The first kappa shape index (κ1) is 32.3. The normalized spacial score (nSPS) is 20.7. The van der Waals surface area contributed by atoms with Crippen LogP contribution in [0.3, 0.4) is 0 Å². The first-order chi connectivity index (χ1) is 21.4. The molecule has 5 rings (SSSR count). The molecule has 0 radical (unpaired) electrons. The highest BCUT2D eigenvalue weighted by Crippen LogP contribution is 2.42. The molecule has 0 saturated heterocycles. The fraction of sp³-hybridized carbons (Fsp3) is 0.450. The highest BCUT2D eigenvalue weighted by Gasteiger charge is 2.29. The lowest BCUT2D eigenvalue weighted by Crippen LogP contribution is -2.22. The van der Waals surface area contributed by atoms with Crippen LogP contribution in [0.25, 0.3) is 27.8 Å². The van der Waals surface area contributed by atoms with Crippen LogP contribution in [-0.4, -0.2) is 0 Å². The standard InChI is InChI=1S/C40H46F4/c1-3-5-6-7-8-10-33-23-24-34(38(42)37(33)41)31-19-21-32(22-20-31)36-26-25-35(39(43)40(36)44)30-17-15-29(16-18-30)28-13-11-27(9-4-2)12-14-28/h4,9,17,19-29H,3,5-8,10-16,18H2,1-2H3/b9-4+. The Hall–Kier alpha value is -3.14. The predicted octanol–water partition coefficient (Wildman–Crippen LogP) is 12.7. The summed E-state index contributed by atoms with van der Waals surface area (Å²) >= 11 is 0. The van der Waals surface area contributed by atoms with Crippen molar-refractivity contribution in [2.75, 3.05) is 0 Å². The maximum atomic E-state index is 15.4. The summed E-state index contributed by atoms with van der Waals surface area (Å²) in [6, 6.07) is 13.1. The molecule has 1 atom stereocenters. The third-order valence-electron chi connectivity index (χ3n) is 10.0. The molecule has 0 amide bonds. The lowest BCUT2D eigenvalue weighted by Gasteiger charge is -2.35. The molecule has 3 aromatic carbocycles. The molecule has 1 unspecified atom stereocenters. The van der Waals surface area contributed by atoms with Crippen molar-refractivity contribution in [3.63, 3.8) is 0 Å². The molecule has 0 bridgehead atoms. The second-order valence-corrected chi connectivity index (χ2v) is 12.9. The van der Waals surface area contributed by atoms with Crippen molar-refractivity contribution in [3.8, 4) is 22.3 Å². The van der Waals surface area contributed by atoms with Crippen LogP contribution in [0.1, 0.15) is 102 Å². The second kappa shape index (κ2) is 15.2. The van der Waals surface area contributed by atoms with Gasteiger partial charge in [-0.3, -0.25) is 0 Å². The summed E-state index contributed by atoms with van der Waals surface area (Å²) < 4.78 is 60.7. The smallest absolute Gasteiger partial charge is 0.167 e. The molecule has 0 aliphatic heterocycles. The van der Waals surface area contributed by atoms with E-state index < -0.39 is 23.3 Å². The fourth-order valence-corrected chi connectivity index (χ4v) is 7.38. The molecule has 0 aromatic heterocycles. The maximum absolute atomic E-state index is 15.4. The van der Waals surface area contributed by atoms with E-state index in [-0.39, 0.29) is 11.1 Å². The van der Waals surface area contributed by atoms with Gasteiger partial charge in [0.15, 0.2) is 23.3 Å². The van der Waals surface area contributed by atoms with E-state index >= 15 is 13.2 Å². The molecule has 234 valence electrons. The van der Waals surface area contributed by atoms with E-state index in [0.717, 1.165) is 62.9 Å². The van der Waals surface area contributed by atoms with E-state index in [2.05, 4.69) is 32.1 Å². The number of rotatable bonds is 11. The van der Waals surface area contributed by atoms with Gasteiger partial charge < -0.3 is 0 Å². The van der Waals surface area contributed by atoms with Gasteiger partial charge in [-0.05, 0) is 105 Å². The molecule has 0 N–H and O–H groups in total. The van der Waals surface area contributed by atoms with E-state index in [1.165, 1.54) is 25.7 Å². The van der Waals surface area contributed by atoms with Crippen molar-refractivity contribution < 1.29 is 17.6 Å². The van der Waals surface area contributed by atoms with Gasteiger partial charge in [0.05, 0.1) is 0 Å². The Morgan fingerprint density at radius 2 is 1.23 bits per heavy atom. The van der Waals surface area contributed by atoms with Crippen LogP contribution >= 0.6 is 0 Å². The Labute approximate surface area is 261 Å². The summed E-state index contributed by atoms with van der Waals surface area (Å²) in [5.41, 5.74) is 2.95. The summed E-state index contributed by atoms with van der Waals surface area (Å²) in [4.78, 5) is 0. The molecule has 3 aromatic rings. The van der Waals surface area contributed by atoms with Crippen LogP contribution in [0.2, 0.25) is 0 Å². The van der Waals surface area contributed by atoms with Crippen LogP contribution in [0, 0.1) is 41.0 Å². The topological polar surface area (TPSA) is 0 Å². The first-order valence-corrected chi connectivity index (χ1v) is 16.8. The Morgan fingerprint density at radius 1 is 0.636 bits per heavy atom. The zero-order valence-electron chi connectivity index (χ0n) is 26.3. The van der Waals surface area contributed by atoms with E-state index in [9.17, 15) is 4.39 Å².